The molecule has 2 N–H and O–H groups in total. The second-order valence-electron chi connectivity index (χ2n) is 4.03. The lowest BCUT2D eigenvalue weighted by Crippen LogP contribution is -2.20. The molecule has 0 saturated carbocycles. The lowest BCUT2D eigenvalue weighted by Gasteiger charge is -2.12. The van der Waals surface area contributed by atoms with Crippen LogP contribution in [0.15, 0.2) is 48.5 Å². The summed E-state index contributed by atoms with van der Waals surface area (Å²) < 4.78 is 15.5. The van der Waals surface area contributed by atoms with E-state index in [9.17, 15) is 0 Å². The number of hydrogen-bond acceptors (Lipinski definition) is 5. The van der Waals surface area contributed by atoms with Crippen LogP contribution in [0.4, 0.5) is 0 Å². The summed E-state index contributed by atoms with van der Waals surface area (Å²) in [6.07, 6.45) is 0. The second-order valence-corrected chi connectivity index (χ2v) is 4.03. The Labute approximate surface area is 117 Å². The van der Waals surface area contributed by atoms with Gasteiger partial charge in [-0.2, -0.15) is 0 Å². The minimum atomic E-state index is -1.89. The van der Waals surface area contributed by atoms with Crippen LogP contribution in [-0.4, -0.2) is 24.5 Å². The van der Waals surface area contributed by atoms with Gasteiger partial charge in [-0.1, -0.05) is 30.3 Å². The molecule has 0 atom stereocenters. The molecule has 0 aliphatic carbocycles. The second kappa shape index (κ2) is 6.84. The summed E-state index contributed by atoms with van der Waals surface area (Å²) in [5, 5.41) is 17.6. The molecule has 0 unspecified atom stereocenters. The molecular formula is C14H15BO5. The van der Waals surface area contributed by atoms with E-state index in [4.69, 9.17) is 24.2 Å². The standard InChI is InChI=1S/C14H15BO5/c1-18-14-9-12(7-8-13(14)20-15(16)17)19-10-11-5-3-2-4-6-11/h2-9,16-17H,10H2,1H3. The van der Waals surface area contributed by atoms with Crippen molar-refractivity contribution in [2.24, 2.45) is 0 Å². The molecule has 0 fully saturated rings. The molecule has 2 aromatic rings. The first-order valence-corrected chi connectivity index (χ1v) is 6.06. The fraction of sp³-hybridized carbons (Fsp3) is 0.143. The van der Waals surface area contributed by atoms with Crippen molar-refractivity contribution in [2.45, 2.75) is 6.61 Å². The van der Waals surface area contributed by atoms with Crippen LogP contribution >= 0.6 is 0 Å². The third-order valence-electron chi connectivity index (χ3n) is 2.62. The van der Waals surface area contributed by atoms with E-state index in [0.717, 1.165) is 5.56 Å². The van der Waals surface area contributed by atoms with Crippen LogP contribution in [0.1, 0.15) is 5.56 Å². The maximum atomic E-state index is 8.79. The number of rotatable bonds is 6. The van der Waals surface area contributed by atoms with Gasteiger partial charge < -0.3 is 24.2 Å². The topological polar surface area (TPSA) is 68.2 Å². The number of benzene rings is 2. The first kappa shape index (κ1) is 14.2. The predicted octanol–water partition coefficient (Wildman–Crippen LogP) is 1.62. The number of hydrogen-bond donors (Lipinski definition) is 2. The molecule has 0 spiro atoms. The molecule has 5 nitrogen and oxygen atoms in total. The van der Waals surface area contributed by atoms with Crippen molar-refractivity contribution in [1.29, 1.82) is 0 Å². The van der Waals surface area contributed by atoms with Gasteiger partial charge in [0.1, 0.15) is 18.1 Å². The van der Waals surface area contributed by atoms with Gasteiger partial charge in [0.15, 0.2) is 5.75 Å². The zero-order chi connectivity index (χ0) is 14.4. The molecule has 104 valence electrons. The SMILES string of the molecule is COc1cc(OCc2ccccc2)ccc1OB(O)O. The van der Waals surface area contributed by atoms with Crippen molar-refractivity contribution >= 4 is 7.32 Å². The zero-order valence-electron chi connectivity index (χ0n) is 11.0. The van der Waals surface area contributed by atoms with E-state index in [0.29, 0.717) is 18.1 Å². The molecular weight excluding hydrogens is 259 g/mol. The summed E-state index contributed by atoms with van der Waals surface area (Å²) in [7, 11) is -0.424. The van der Waals surface area contributed by atoms with Crippen LogP contribution < -0.4 is 14.1 Å². The highest BCUT2D eigenvalue weighted by atomic mass is 16.6. The summed E-state index contributed by atoms with van der Waals surface area (Å²) >= 11 is 0. The molecule has 0 aromatic heterocycles. The molecule has 2 rings (SSSR count). The summed E-state index contributed by atoms with van der Waals surface area (Å²) in [4.78, 5) is 0. The Kier molecular flexibility index (Phi) is 4.87. The van der Waals surface area contributed by atoms with Crippen molar-refractivity contribution in [3.63, 3.8) is 0 Å². The van der Waals surface area contributed by atoms with Crippen LogP contribution in [0.2, 0.25) is 0 Å². The van der Waals surface area contributed by atoms with Crippen LogP contribution in [0.3, 0.4) is 0 Å². The van der Waals surface area contributed by atoms with E-state index >= 15 is 0 Å². The highest BCUT2D eigenvalue weighted by molar-refractivity contribution is 6.33. The Hall–Kier alpha value is -2.18. The van der Waals surface area contributed by atoms with E-state index in [1.165, 1.54) is 7.11 Å². The minimum absolute atomic E-state index is 0.231. The maximum Gasteiger partial charge on any atom is 0.707 e. The van der Waals surface area contributed by atoms with E-state index in [2.05, 4.69) is 0 Å². The summed E-state index contributed by atoms with van der Waals surface area (Å²) in [5.74, 6) is 1.20. The lowest BCUT2D eigenvalue weighted by molar-refractivity contribution is 0.276. The quantitative estimate of drug-likeness (QED) is 0.783. The molecule has 20 heavy (non-hydrogen) atoms. The molecule has 0 amide bonds. The molecule has 6 heteroatoms. The van der Waals surface area contributed by atoms with Crippen molar-refractivity contribution < 1.29 is 24.2 Å². The zero-order valence-corrected chi connectivity index (χ0v) is 11.0. The lowest BCUT2D eigenvalue weighted by atomic mass is 10.2. The van der Waals surface area contributed by atoms with Crippen LogP contribution in [0, 0.1) is 0 Å². The van der Waals surface area contributed by atoms with E-state index < -0.39 is 7.32 Å². The van der Waals surface area contributed by atoms with Gasteiger partial charge in [0.2, 0.25) is 0 Å². The number of methoxy groups -OCH3 is 1. The van der Waals surface area contributed by atoms with Crippen LogP contribution in [0.25, 0.3) is 0 Å². The van der Waals surface area contributed by atoms with Crippen molar-refractivity contribution in [3.8, 4) is 17.2 Å². The molecule has 2 aromatic carbocycles. The van der Waals surface area contributed by atoms with E-state index in [-0.39, 0.29) is 5.75 Å². The Morgan fingerprint density at radius 3 is 2.40 bits per heavy atom. The molecule has 0 radical (unpaired) electrons. The molecule has 0 aliphatic heterocycles. The largest absolute Gasteiger partial charge is 0.707 e. The van der Waals surface area contributed by atoms with E-state index in [1.807, 2.05) is 30.3 Å². The minimum Gasteiger partial charge on any atom is -0.509 e. The van der Waals surface area contributed by atoms with Crippen LogP contribution in [-0.2, 0) is 6.61 Å². The van der Waals surface area contributed by atoms with Gasteiger partial charge in [0, 0.05) is 6.07 Å². The summed E-state index contributed by atoms with van der Waals surface area (Å²) in [5.41, 5.74) is 1.05. The predicted molar refractivity (Wildman–Crippen MR) is 74.6 cm³/mol. The van der Waals surface area contributed by atoms with Gasteiger partial charge >= 0.3 is 7.32 Å². The third-order valence-corrected chi connectivity index (χ3v) is 2.62. The third kappa shape index (κ3) is 3.91. The first-order chi connectivity index (χ1) is 9.69. The van der Waals surface area contributed by atoms with Gasteiger partial charge in [0.05, 0.1) is 7.11 Å². The maximum absolute atomic E-state index is 8.79. The molecule has 0 saturated heterocycles. The highest BCUT2D eigenvalue weighted by Gasteiger charge is 2.15. The monoisotopic (exact) mass is 274 g/mol. The molecule has 0 heterocycles. The highest BCUT2D eigenvalue weighted by Crippen LogP contribution is 2.31. The molecule has 0 bridgehead atoms. The summed E-state index contributed by atoms with van der Waals surface area (Å²) in [6.45, 7) is 0.437. The average Bonchev–Trinajstić information content (AvgIpc) is 2.46. The van der Waals surface area contributed by atoms with Crippen molar-refractivity contribution in [1.82, 2.24) is 0 Å². The van der Waals surface area contributed by atoms with Crippen molar-refractivity contribution in [3.05, 3.63) is 54.1 Å². The number of ether oxygens (including phenoxy) is 2. The summed E-state index contributed by atoms with van der Waals surface area (Å²) in [6, 6.07) is 14.6. The fourth-order valence-corrected chi connectivity index (χ4v) is 1.69. The van der Waals surface area contributed by atoms with Gasteiger partial charge in [-0.15, -0.1) is 0 Å². The van der Waals surface area contributed by atoms with Gasteiger partial charge in [-0.05, 0) is 17.7 Å². The van der Waals surface area contributed by atoms with E-state index in [1.54, 1.807) is 18.2 Å². The first-order valence-electron chi connectivity index (χ1n) is 6.06. The Morgan fingerprint density at radius 2 is 1.75 bits per heavy atom. The van der Waals surface area contributed by atoms with Gasteiger partial charge in [-0.3, -0.25) is 0 Å². The van der Waals surface area contributed by atoms with Gasteiger partial charge in [0.25, 0.3) is 0 Å². The van der Waals surface area contributed by atoms with Crippen molar-refractivity contribution in [2.75, 3.05) is 7.11 Å². The fourth-order valence-electron chi connectivity index (χ4n) is 1.69. The molecule has 0 aliphatic rings. The average molecular weight is 274 g/mol. The van der Waals surface area contributed by atoms with Gasteiger partial charge in [-0.25, -0.2) is 0 Å². The van der Waals surface area contributed by atoms with Crippen LogP contribution in [0.5, 0.6) is 17.2 Å². The normalized spacial score (nSPS) is 9.95. The Morgan fingerprint density at radius 1 is 1.00 bits per heavy atom. The smallest absolute Gasteiger partial charge is 0.509 e. The Balaban J connectivity index is 2.05. The Bertz CT molecular complexity index is 545.